The zero-order chi connectivity index (χ0) is 13.0. The fraction of sp³-hybridized carbons (Fsp3) is 0.615. The van der Waals surface area contributed by atoms with Gasteiger partial charge >= 0.3 is 0 Å². The highest BCUT2D eigenvalue weighted by Crippen LogP contribution is 2.16. The van der Waals surface area contributed by atoms with Crippen molar-refractivity contribution in [2.75, 3.05) is 0 Å². The second-order valence-electron chi connectivity index (χ2n) is 4.59. The summed E-state index contributed by atoms with van der Waals surface area (Å²) in [6.45, 7) is 7.77. The number of aryl methyl sites for hydroxylation is 1. The number of nitrogens with two attached hydrogens (primary N) is 1. The molecule has 0 aliphatic rings. The predicted octanol–water partition coefficient (Wildman–Crippen LogP) is 2.14. The lowest BCUT2D eigenvalue weighted by atomic mass is 9.99. The monoisotopic (exact) mass is 238 g/mol. The van der Waals surface area contributed by atoms with Crippen molar-refractivity contribution < 1.29 is 9.21 Å². The highest BCUT2D eigenvalue weighted by Gasteiger charge is 2.22. The number of hydrogen-bond acceptors (Lipinski definition) is 3. The number of carbonyl (C=O) groups excluding carboxylic acids is 1. The molecule has 1 heterocycles. The van der Waals surface area contributed by atoms with Gasteiger partial charge in [-0.1, -0.05) is 20.3 Å². The molecule has 17 heavy (non-hydrogen) atoms. The molecule has 0 aromatic carbocycles. The summed E-state index contributed by atoms with van der Waals surface area (Å²) in [5, 5.41) is 2.87. The van der Waals surface area contributed by atoms with Crippen molar-refractivity contribution in [2.45, 2.75) is 46.2 Å². The van der Waals surface area contributed by atoms with Gasteiger partial charge in [0.05, 0.1) is 12.1 Å². The first-order valence-corrected chi connectivity index (χ1v) is 6.08. The van der Waals surface area contributed by atoms with Gasteiger partial charge in [-0.3, -0.25) is 4.79 Å². The lowest BCUT2D eigenvalue weighted by molar-refractivity contribution is -0.124. The Kier molecular flexibility index (Phi) is 4.75. The van der Waals surface area contributed by atoms with Gasteiger partial charge in [-0.05, 0) is 31.9 Å². The highest BCUT2D eigenvalue weighted by atomic mass is 16.3. The molecule has 0 saturated carbocycles. The molecule has 0 fully saturated rings. The molecule has 0 aliphatic heterocycles. The van der Waals surface area contributed by atoms with Gasteiger partial charge in [0, 0.05) is 0 Å². The summed E-state index contributed by atoms with van der Waals surface area (Å²) < 4.78 is 5.46. The average Bonchev–Trinajstić information content (AvgIpc) is 2.73. The third-order valence-corrected chi connectivity index (χ3v) is 3.11. The molecule has 96 valence electrons. The third-order valence-electron chi connectivity index (χ3n) is 3.11. The summed E-state index contributed by atoms with van der Waals surface area (Å²) in [5.41, 5.74) is 5.86. The van der Waals surface area contributed by atoms with Gasteiger partial charge in [-0.15, -0.1) is 0 Å². The predicted molar refractivity (Wildman–Crippen MR) is 67.4 cm³/mol. The Balaban J connectivity index is 2.57. The van der Waals surface area contributed by atoms with Crippen LogP contribution >= 0.6 is 0 Å². The lowest BCUT2D eigenvalue weighted by Crippen LogP contribution is -2.45. The minimum absolute atomic E-state index is 0.124. The van der Waals surface area contributed by atoms with Crippen LogP contribution in [0.5, 0.6) is 0 Å². The molecule has 1 aromatic rings. The van der Waals surface area contributed by atoms with E-state index in [1.165, 1.54) is 0 Å². The molecular weight excluding hydrogens is 216 g/mol. The normalized spacial score (nSPS) is 16.3. The van der Waals surface area contributed by atoms with Gasteiger partial charge in [-0.25, -0.2) is 0 Å². The smallest absolute Gasteiger partial charge is 0.237 e. The maximum atomic E-state index is 11.9. The van der Waals surface area contributed by atoms with E-state index < -0.39 is 6.04 Å². The van der Waals surface area contributed by atoms with Gasteiger partial charge in [0.15, 0.2) is 0 Å². The average molecular weight is 238 g/mol. The topological polar surface area (TPSA) is 68.3 Å². The van der Waals surface area contributed by atoms with Crippen LogP contribution in [0.2, 0.25) is 0 Å². The van der Waals surface area contributed by atoms with Crippen molar-refractivity contribution in [3.8, 4) is 0 Å². The van der Waals surface area contributed by atoms with Gasteiger partial charge < -0.3 is 15.5 Å². The summed E-state index contributed by atoms with van der Waals surface area (Å²) in [5.74, 6) is 1.65. The second kappa shape index (κ2) is 5.87. The molecule has 1 rings (SSSR count). The Hall–Kier alpha value is -1.29. The SMILES string of the molecule is CC[C@H](C)[C@H](N)C(=O)NC(C)c1ccc(C)o1. The van der Waals surface area contributed by atoms with Crippen molar-refractivity contribution in [2.24, 2.45) is 11.7 Å². The van der Waals surface area contributed by atoms with Crippen LogP contribution in [0.15, 0.2) is 16.5 Å². The van der Waals surface area contributed by atoms with E-state index >= 15 is 0 Å². The largest absolute Gasteiger partial charge is 0.464 e. The van der Waals surface area contributed by atoms with E-state index in [1.807, 2.05) is 39.8 Å². The standard InChI is InChI=1S/C13H22N2O2/c1-5-8(2)12(14)13(16)15-10(4)11-7-6-9(3)17-11/h6-8,10,12H,5,14H2,1-4H3,(H,15,16)/t8-,10?,12-/m0/s1. The van der Waals surface area contributed by atoms with Gasteiger partial charge in [0.1, 0.15) is 11.5 Å². The molecule has 3 atom stereocenters. The lowest BCUT2D eigenvalue weighted by Gasteiger charge is -2.20. The fourth-order valence-electron chi connectivity index (χ4n) is 1.58. The van der Waals surface area contributed by atoms with E-state index in [2.05, 4.69) is 5.32 Å². The number of furan rings is 1. The van der Waals surface area contributed by atoms with Crippen LogP contribution in [0, 0.1) is 12.8 Å². The maximum absolute atomic E-state index is 11.9. The Morgan fingerprint density at radius 3 is 2.59 bits per heavy atom. The van der Waals surface area contributed by atoms with Crippen LogP contribution in [0.3, 0.4) is 0 Å². The zero-order valence-corrected chi connectivity index (χ0v) is 11.0. The van der Waals surface area contributed by atoms with Crippen LogP contribution < -0.4 is 11.1 Å². The summed E-state index contributed by atoms with van der Waals surface area (Å²) in [6, 6.07) is 3.14. The first-order valence-electron chi connectivity index (χ1n) is 6.08. The van der Waals surface area contributed by atoms with Crippen molar-refractivity contribution in [1.82, 2.24) is 5.32 Å². The third kappa shape index (κ3) is 3.60. The summed E-state index contributed by atoms with van der Waals surface area (Å²) in [7, 11) is 0. The maximum Gasteiger partial charge on any atom is 0.237 e. The Labute approximate surface area is 103 Å². The number of rotatable bonds is 5. The van der Waals surface area contributed by atoms with Crippen LogP contribution in [0.4, 0.5) is 0 Å². The van der Waals surface area contributed by atoms with Gasteiger partial charge in [-0.2, -0.15) is 0 Å². The van der Waals surface area contributed by atoms with E-state index in [0.717, 1.165) is 17.9 Å². The molecule has 0 bridgehead atoms. The number of nitrogens with one attached hydrogen (secondary N) is 1. The second-order valence-corrected chi connectivity index (χ2v) is 4.59. The first kappa shape index (κ1) is 13.8. The van der Waals surface area contributed by atoms with Crippen LogP contribution in [0.25, 0.3) is 0 Å². The molecular formula is C13H22N2O2. The van der Waals surface area contributed by atoms with Crippen molar-refractivity contribution in [3.63, 3.8) is 0 Å². The fourth-order valence-corrected chi connectivity index (χ4v) is 1.58. The molecule has 0 aliphatic carbocycles. The minimum Gasteiger partial charge on any atom is -0.464 e. The minimum atomic E-state index is -0.460. The quantitative estimate of drug-likeness (QED) is 0.825. The van der Waals surface area contributed by atoms with E-state index in [-0.39, 0.29) is 17.9 Å². The molecule has 3 N–H and O–H groups in total. The van der Waals surface area contributed by atoms with Crippen molar-refractivity contribution in [3.05, 3.63) is 23.7 Å². The summed E-state index contributed by atoms with van der Waals surface area (Å²) in [6.07, 6.45) is 0.892. The van der Waals surface area contributed by atoms with E-state index in [4.69, 9.17) is 10.2 Å². The van der Waals surface area contributed by atoms with E-state index in [0.29, 0.717) is 0 Å². The molecule has 0 saturated heterocycles. The Bertz CT molecular complexity index is 373. The summed E-state index contributed by atoms with van der Waals surface area (Å²) >= 11 is 0. The number of amides is 1. The van der Waals surface area contributed by atoms with Crippen LogP contribution in [-0.4, -0.2) is 11.9 Å². The van der Waals surface area contributed by atoms with Crippen LogP contribution in [-0.2, 0) is 4.79 Å². The molecule has 1 amide bonds. The van der Waals surface area contributed by atoms with Crippen molar-refractivity contribution >= 4 is 5.91 Å². The molecule has 4 nitrogen and oxygen atoms in total. The van der Waals surface area contributed by atoms with E-state index in [1.54, 1.807) is 0 Å². The number of carbonyl (C=O) groups is 1. The van der Waals surface area contributed by atoms with Crippen molar-refractivity contribution in [1.29, 1.82) is 0 Å². The van der Waals surface area contributed by atoms with Crippen LogP contribution in [0.1, 0.15) is 44.8 Å². The number of hydrogen-bond donors (Lipinski definition) is 2. The molecule has 1 aromatic heterocycles. The molecule has 0 radical (unpaired) electrons. The Morgan fingerprint density at radius 1 is 1.47 bits per heavy atom. The van der Waals surface area contributed by atoms with Gasteiger partial charge in [0.2, 0.25) is 5.91 Å². The highest BCUT2D eigenvalue weighted by molar-refractivity contribution is 5.82. The molecule has 1 unspecified atom stereocenters. The molecule has 0 spiro atoms. The van der Waals surface area contributed by atoms with Gasteiger partial charge in [0.25, 0.3) is 0 Å². The zero-order valence-electron chi connectivity index (χ0n) is 11.0. The summed E-state index contributed by atoms with van der Waals surface area (Å²) in [4.78, 5) is 11.9. The Morgan fingerprint density at radius 2 is 2.12 bits per heavy atom. The molecule has 4 heteroatoms. The van der Waals surface area contributed by atoms with E-state index in [9.17, 15) is 4.79 Å². The first-order chi connectivity index (χ1) is 7.95.